The average Bonchev–Trinajstić information content (AvgIpc) is 2.67. The molecule has 5 nitrogen and oxygen atoms in total. The lowest BCUT2D eigenvalue weighted by Gasteiger charge is -2.13. The normalized spacial score (nSPS) is 12.2. The number of anilines is 1. The molecule has 0 aliphatic carbocycles. The Morgan fingerprint density at radius 2 is 2.15 bits per heavy atom. The molecule has 0 saturated heterocycles. The van der Waals surface area contributed by atoms with Crippen LogP contribution in [-0.2, 0) is 11.3 Å². The third-order valence-electron chi connectivity index (χ3n) is 3.57. The predicted molar refractivity (Wildman–Crippen MR) is 78.5 cm³/mol. The second-order valence-electron chi connectivity index (χ2n) is 5.11. The summed E-state index contributed by atoms with van der Waals surface area (Å²) in [6.45, 7) is 8.54. The van der Waals surface area contributed by atoms with E-state index in [0.717, 1.165) is 11.4 Å². The third kappa shape index (κ3) is 3.04. The van der Waals surface area contributed by atoms with Crippen LogP contribution in [0.2, 0.25) is 0 Å². The van der Waals surface area contributed by atoms with E-state index in [4.69, 9.17) is 0 Å². The SMILES string of the molecule is Cc1nn(C[C@@H](C)C(=O)Nc2cccnc2)c(C)c1C. The molecule has 0 saturated carbocycles. The van der Waals surface area contributed by atoms with Gasteiger partial charge in [0.05, 0.1) is 30.0 Å². The predicted octanol–water partition coefficient (Wildman–Crippen LogP) is 2.48. The summed E-state index contributed by atoms with van der Waals surface area (Å²) in [7, 11) is 0. The fourth-order valence-corrected chi connectivity index (χ4v) is 2.01. The molecule has 1 amide bonds. The molecule has 0 aliphatic rings. The van der Waals surface area contributed by atoms with E-state index < -0.39 is 0 Å². The number of rotatable bonds is 4. The topological polar surface area (TPSA) is 59.8 Å². The number of amides is 1. The maximum Gasteiger partial charge on any atom is 0.229 e. The van der Waals surface area contributed by atoms with Crippen molar-refractivity contribution in [2.24, 2.45) is 5.92 Å². The van der Waals surface area contributed by atoms with Gasteiger partial charge in [-0.1, -0.05) is 6.92 Å². The minimum Gasteiger partial charge on any atom is -0.324 e. The van der Waals surface area contributed by atoms with Gasteiger partial charge < -0.3 is 5.32 Å². The molecule has 0 radical (unpaired) electrons. The first-order valence-corrected chi connectivity index (χ1v) is 6.70. The summed E-state index contributed by atoms with van der Waals surface area (Å²) in [5, 5.41) is 7.32. The van der Waals surface area contributed by atoms with E-state index in [-0.39, 0.29) is 11.8 Å². The molecule has 2 aromatic heterocycles. The van der Waals surface area contributed by atoms with Crippen LogP contribution < -0.4 is 5.32 Å². The number of carbonyl (C=O) groups excluding carboxylic acids is 1. The summed E-state index contributed by atoms with van der Waals surface area (Å²) in [5.41, 5.74) is 4.03. The quantitative estimate of drug-likeness (QED) is 0.930. The number of nitrogens with one attached hydrogen (secondary N) is 1. The largest absolute Gasteiger partial charge is 0.324 e. The summed E-state index contributed by atoms with van der Waals surface area (Å²) < 4.78 is 1.90. The van der Waals surface area contributed by atoms with Crippen molar-refractivity contribution in [3.8, 4) is 0 Å². The Bertz CT molecular complexity index is 604. The molecule has 2 aromatic rings. The van der Waals surface area contributed by atoms with E-state index in [1.54, 1.807) is 18.5 Å². The van der Waals surface area contributed by atoms with Crippen molar-refractivity contribution in [3.05, 3.63) is 41.5 Å². The Labute approximate surface area is 119 Å². The number of aromatic nitrogens is 3. The maximum absolute atomic E-state index is 12.1. The van der Waals surface area contributed by atoms with Crippen LogP contribution >= 0.6 is 0 Å². The van der Waals surface area contributed by atoms with Crippen LogP contribution in [0.5, 0.6) is 0 Å². The Morgan fingerprint density at radius 1 is 1.40 bits per heavy atom. The highest BCUT2D eigenvalue weighted by atomic mass is 16.1. The van der Waals surface area contributed by atoms with Gasteiger partial charge in [-0.2, -0.15) is 5.10 Å². The maximum atomic E-state index is 12.1. The van der Waals surface area contributed by atoms with Gasteiger partial charge >= 0.3 is 0 Å². The highest BCUT2D eigenvalue weighted by molar-refractivity contribution is 5.92. The molecule has 0 aromatic carbocycles. The molecule has 0 unspecified atom stereocenters. The number of pyridine rings is 1. The van der Waals surface area contributed by atoms with E-state index >= 15 is 0 Å². The highest BCUT2D eigenvalue weighted by Gasteiger charge is 2.16. The van der Waals surface area contributed by atoms with E-state index in [1.165, 1.54) is 5.56 Å². The zero-order valence-electron chi connectivity index (χ0n) is 12.3. The summed E-state index contributed by atoms with van der Waals surface area (Å²) in [6.07, 6.45) is 3.32. The zero-order valence-corrected chi connectivity index (χ0v) is 12.3. The van der Waals surface area contributed by atoms with Gasteiger partial charge in [0.15, 0.2) is 0 Å². The summed E-state index contributed by atoms with van der Waals surface area (Å²) in [6, 6.07) is 3.62. The number of hydrogen-bond acceptors (Lipinski definition) is 3. The van der Waals surface area contributed by atoms with Gasteiger partial charge in [0.2, 0.25) is 5.91 Å². The van der Waals surface area contributed by atoms with Crippen LogP contribution in [0, 0.1) is 26.7 Å². The van der Waals surface area contributed by atoms with Crippen molar-refractivity contribution >= 4 is 11.6 Å². The molecule has 0 fully saturated rings. The molecule has 5 heteroatoms. The van der Waals surface area contributed by atoms with Gasteiger partial charge in [-0.3, -0.25) is 14.5 Å². The van der Waals surface area contributed by atoms with E-state index in [1.807, 2.05) is 31.5 Å². The van der Waals surface area contributed by atoms with Crippen molar-refractivity contribution in [2.75, 3.05) is 5.32 Å². The number of carbonyl (C=O) groups is 1. The van der Waals surface area contributed by atoms with E-state index in [9.17, 15) is 4.79 Å². The molecule has 2 rings (SSSR count). The first kappa shape index (κ1) is 14.2. The molecule has 20 heavy (non-hydrogen) atoms. The van der Waals surface area contributed by atoms with Crippen molar-refractivity contribution in [2.45, 2.75) is 34.2 Å². The first-order chi connectivity index (χ1) is 9.49. The molecular formula is C15H20N4O. The lowest BCUT2D eigenvalue weighted by molar-refractivity contribution is -0.119. The molecular weight excluding hydrogens is 252 g/mol. The Morgan fingerprint density at radius 3 is 2.70 bits per heavy atom. The number of aryl methyl sites for hydroxylation is 1. The van der Waals surface area contributed by atoms with Crippen molar-refractivity contribution in [1.29, 1.82) is 0 Å². The lowest BCUT2D eigenvalue weighted by Crippen LogP contribution is -2.25. The van der Waals surface area contributed by atoms with Gasteiger partial charge in [-0.25, -0.2) is 0 Å². The van der Waals surface area contributed by atoms with Crippen LogP contribution in [0.15, 0.2) is 24.5 Å². The molecule has 0 bridgehead atoms. The zero-order chi connectivity index (χ0) is 14.7. The minimum atomic E-state index is -0.160. The molecule has 106 valence electrons. The second kappa shape index (κ2) is 5.86. The van der Waals surface area contributed by atoms with Crippen molar-refractivity contribution in [1.82, 2.24) is 14.8 Å². The average molecular weight is 272 g/mol. The minimum absolute atomic E-state index is 0.0248. The van der Waals surface area contributed by atoms with Gasteiger partial charge in [0.1, 0.15) is 0 Å². The van der Waals surface area contributed by atoms with Gasteiger partial charge in [-0.05, 0) is 38.5 Å². The Kier molecular flexibility index (Phi) is 4.17. The summed E-state index contributed by atoms with van der Waals surface area (Å²) in [5.74, 6) is -0.184. The lowest BCUT2D eigenvalue weighted by atomic mass is 10.1. The fourth-order valence-electron chi connectivity index (χ4n) is 2.01. The van der Waals surface area contributed by atoms with Crippen molar-refractivity contribution in [3.63, 3.8) is 0 Å². The van der Waals surface area contributed by atoms with E-state index in [2.05, 4.69) is 22.3 Å². The monoisotopic (exact) mass is 272 g/mol. The van der Waals surface area contributed by atoms with Crippen LogP contribution in [0.25, 0.3) is 0 Å². The standard InChI is InChI=1S/C15H20N4O/c1-10(9-19-13(4)11(2)12(3)18-19)15(20)17-14-6-5-7-16-8-14/h5-8,10H,9H2,1-4H3,(H,17,20)/t10-/m1/s1. The fraction of sp³-hybridized carbons (Fsp3) is 0.400. The molecule has 0 aliphatic heterocycles. The van der Waals surface area contributed by atoms with E-state index in [0.29, 0.717) is 12.2 Å². The van der Waals surface area contributed by atoms with Gasteiger partial charge in [0, 0.05) is 11.9 Å². The van der Waals surface area contributed by atoms with Crippen LogP contribution in [0.3, 0.4) is 0 Å². The molecule has 1 atom stereocenters. The summed E-state index contributed by atoms with van der Waals surface area (Å²) >= 11 is 0. The number of nitrogens with zero attached hydrogens (tertiary/aromatic N) is 3. The highest BCUT2D eigenvalue weighted by Crippen LogP contribution is 2.14. The first-order valence-electron chi connectivity index (χ1n) is 6.70. The Balaban J connectivity index is 2.02. The number of hydrogen-bond donors (Lipinski definition) is 1. The Hall–Kier alpha value is -2.17. The van der Waals surface area contributed by atoms with Gasteiger partial charge in [-0.15, -0.1) is 0 Å². The third-order valence-corrected chi connectivity index (χ3v) is 3.57. The van der Waals surface area contributed by atoms with Crippen LogP contribution in [-0.4, -0.2) is 20.7 Å². The summed E-state index contributed by atoms with van der Waals surface area (Å²) in [4.78, 5) is 16.1. The molecule has 1 N–H and O–H groups in total. The van der Waals surface area contributed by atoms with Crippen LogP contribution in [0.1, 0.15) is 23.9 Å². The van der Waals surface area contributed by atoms with Crippen LogP contribution in [0.4, 0.5) is 5.69 Å². The van der Waals surface area contributed by atoms with Gasteiger partial charge in [0.25, 0.3) is 0 Å². The molecule has 2 heterocycles. The second-order valence-corrected chi connectivity index (χ2v) is 5.11. The molecule has 0 spiro atoms. The van der Waals surface area contributed by atoms with Crippen molar-refractivity contribution < 1.29 is 4.79 Å². The smallest absolute Gasteiger partial charge is 0.229 e.